The first-order valence-electron chi connectivity index (χ1n) is 7.23. The average molecular weight is 345 g/mol. The highest BCUT2D eigenvalue weighted by atomic mass is 35.5. The summed E-state index contributed by atoms with van der Waals surface area (Å²) < 4.78 is 1.57. The number of benzene rings is 2. The predicted octanol–water partition coefficient (Wildman–Crippen LogP) is 4.90. The summed E-state index contributed by atoms with van der Waals surface area (Å²) in [5.41, 5.74) is 2.47. The molecule has 1 heterocycles. The lowest BCUT2D eigenvalue weighted by atomic mass is 10.1. The van der Waals surface area contributed by atoms with Gasteiger partial charge in [0, 0.05) is 17.7 Å². The van der Waals surface area contributed by atoms with Gasteiger partial charge in [0.2, 0.25) is 0 Å². The zero-order chi connectivity index (χ0) is 16.4. The molecular formula is C18H14Cl2N2O. The maximum atomic E-state index is 12.4. The number of halogens is 2. The molecule has 3 rings (SSSR count). The summed E-state index contributed by atoms with van der Waals surface area (Å²) in [7, 11) is 0. The van der Waals surface area contributed by atoms with Gasteiger partial charge in [0.1, 0.15) is 0 Å². The van der Waals surface area contributed by atoms with Crippen molar-refractivity contribution in [3.63, 3.8) is 0 Å². The number of rotatable bonds is 3. The van der Waals surface area contributed by atoms with E-state index in [1.165, 1.54) is 0 Å². The van der Waals surface area contributed by atoms with E-state index in [9.17, 15) is 4.79 Å². The highest BCUT2D eigenvalue weighted by molar-refractivity contribution is 6.39. The van der Waals surface area contributed by atoms with Gasteiger partial charge in [-0.1, -0.05) is 59.6 Å². The van der Waals surface area contributed by atoms with Crippen LogP contribution in [0.1, 0.15) is 6.92 Å². The van der Waals surface area contributed by atoms with Crippen LogP contribution in [0.3, 0.4) is 0 Å². The first-order valence-corrected chi connectivity index (χ1v) is 7.99. The molecule has 0 radical (unpaired) electrons. The largest absolute Gasteiger partial charge is 0.348 e. The molecule has 0 saturated heterocycles. The molecule has 0 N–H and O–H groups in total. The standard InChI is InChI=1S/C18H14Cl2N2O/c1-2-22-16(17-13(19)9-6-10-14(17)20)11-15(21-18(22)23)12-7-4-3-5-8-12/h3-11H,2H2,1H3. The number of hydrogen-bond donors (Lipinski definition) is 0. The van der Waals surface area contributed by atoms with Crippen molar-refractivity contribution in [3.8, 4) is 22.5 Å². The Kier molecular flexibility index (Phi) is 4.51. The lowest BCUT2D eigenvalue weighted by molar-refractivity contribution is 0.709. The van der Waals surface area contributed by atoms with Gasteiger partial charge in [0.05, 0.1) is 21.4 Å². The Hall–Kier alpha value is -2.10. The molecule has 23 heavy (non-hydrogen) atoms. The fraction of sp³-hybridized carbons (Fsp3) is 0.111. The zero-order valence-corrected chi connectivity index (χ0v) is 14.0. The molecule has 0 bridgehead atoms. The summed E-state index contributed by atoms with van der Waals surface area (Å²) in [6, 6.07) is 16.7. The average Bonchev–Trinajstić information content (AvgIpc) is 2.55. The van der Waals surface area contributed by atoms with Crippen molar-refractivity contribution >= 4 is 23.2 Å². The third kappa shape index (κ3) is 3.03. The molecule has 5 heteroatoms. The van der Waals surface area contributed by atoms with Crippen LogP contribution in [0.2, 0.25) is 10.0 Å². The SMILES string of the molecule is CCn1c(-c2c(Cl)cccc2Cl)cc(-c2ccccc2)nc1=O. The van der Waals surface area contributed by atoms with E-state index in [0.29, 0.717) is 33.5 Å². The van der Waals surface area contributed by atoms with Crippen molar-refractivity contribution in [1.29, 1.82) is 0 Å². The van der Waals surface area contributed by atoms with Gasteiger partial charge < -0.3 is 0 Å². The van der Waals surface area contributed by atoms with Crippen LogP contribution in [0.4, 0.5) is 0 Å². The normalized spacial score (nSPS) is 10.7. The molecule has 1 aromatic heterocycles. The van der Waals surface area contributed by atoms with E-state index in [0.717, 1.165) is 5.56 Å². The number of hydrogen-bond acceptors (Lipinski definition) is 2. The smallest absolute Gasteiger partial charge is 0.292 e. The first-order chi connectivity index (χ1) is 11.1. The van der Waals surface area contributed by atoms with Crippen LogP contribution in [-0.2, 0) is 6.54 Å². The highest BCUT2D eigenvalue weighted by Gasteiger charge is 2.15. The molecule has 3 aromatic rings. The van der Waals surface area contributed by atoms with Crippen molar-refractivity contribution < 1.29 is 0 Å². The van der Waals surface area contributed by atoms with E-state index in [-0.39, 0.29) is 5.69 Å². The van der Waals surface area contributed by atoms with Crippen LogP contribution in [-0.4, -0.2) is 9.55 Å². The predicted molar refractivity (Wildman–Crippen MR) is 95.1 cm³/mol. The van der Waals surface area contributed by atoms with Gasteiger partial charge in [-0.15, -0.1) is 0 Å². The molecule has 0 aliphatic heterocycles. The second-order valence-electron chi connectivity index (χ2n) is 5.02. The summed E-state index contributed by atoms with van der Waals surface area (Å²) in [6.45, 7) is 2.37. The zero-order valence-electron chi connectivity index (χ0n) is 12.5. The van der Waals surface area contributed by atoms with E-state index in [1.807, 2.05) is 43.3 Å². The van der Waals surface area contributed by atoms with Gasteiger partial charge in [-0.25, -0.2) is 4.79 Å². The second kappa shape index (κ2) is 6.57. The van der Waals surface area contributed by atoms with Gasteiger partial charge in [-0.2, -0.15) is 4.98 Å². The minimum atomic E-state index is -0.320. The molecule has 0 saturated carbocycles. The minimum absolute atomic E-state index is 0.320. The Morgan fingerprint density at radius 3 is 2.26 bits per heavy atom. The van der Waals surface area contributed by atoms with Crippen LogP contribution >= 0.6 is 23.2 Å². The molecule has 0 aliphatic carbocycles. The van der Waals surface area contributed by atoms with Crippen molar-refractivity contribution in [2.24, 2.45) is 0 Å². The Morgan fingerprint density at radius 2 is 1.65 bits per heavy atom. The third-order valence-electron chi connectivity index (χ3n) is 3.62. The molecule has 0 spiro atoms. The molecule has 116 valence electrons. The van der Waals surface area contributed by atoms with Crippen LogP contribution in [0, 0.1) is 0 Å². The summed E-state index contributed by atoms with van der Waals surface area (Å²) >= 11 is 12.6. The number of aromatic nitrogens is 2. The summed E-state index contributed by atoms with van der Waals surface area (Å²) in [6.07, 6.45) is 0. The van der Waals surface area contributed by atoms with Crippen molar-refractivity contribution in [2.75, 3.05) is 0 Å². The molecular weight excluding hydrogens is 331 g/mol. The topological polar surface area (TPSA) is 34.9 Å². The molecule has 0 atom stereocenters. The van der Waals surface area contributed by atoms with E-state index < -0.39 is 0 Å². The van der Waals surface area contributed by atoms with Gasteiger partial charge in [-0.3, -0.25) is 4.57 Å². The van der Waals surface area contributed by atoms with Crippen molar-refractivity contribution in [1.82, 2.24) is 9.55 Å². The molecule has 3 nitrogen and oxygen atoms in total. The molecule has 0 unspecified atom stereocenters. The van der Waals surface area contributed by atoms with Gasteiger partial charge >= 0.3 is 5.69 Å². The molecule has 0 fully saturated rings. The van der Waals surface area contributed by atoms with Crippen LogP contribution in [0.15, 0.2) is 59.4 Å². The monoisotopic (exact) mass is 344 g/mol. The second-order valence-corrected chi connectivity index (χ2v) is 5.83. The van der Waals surface area contributed by atoms with Crippen LogP contribution < -0.4 is 5.69 Å². The van der Waals surface area contributed by atoms with Gasteiger partial charge in [-0.05, 0) is 25.1 Å². The summed E-state index contributed by atoms with van der Waals surface area (Å²) in [4.78, 5) is 16.6. The fourth-order valence-corrected chi connectivity index (χ4v) is 3.11. The Bertz CT molecular complexity index is 884. The number of nitrogens with zero attached hydrogens (tertiary/aromatic N) is 2. The lowest BCUT2D eigenvalue weighted by Gasteiger charge is -2.14. The highest BCUT2D eigenvalue weighted by Crippen LogP contribution is 2.35. The maximum Gasteiger partial charge on any atom is 0.348 e. The van der Waals surface area contributed by atoms with Crippen LogP contribution in [0.25, 0.3) is 22.5 Å². The Labute approximate surface area is 144 Å². The van der Waals surface area contributed by atoms with Crippen molar-refractivity contribution in [3.05, 3.63) is 75.1 Å². The summed E-state index contributed by atoms with van der Waals surface area (Å²) in [5.74, 6) is 0. The van der Waals surface area contributed by atoms with E-state index in [2.05, 4.69) is 4.98 Å². The lowest BCUT2D eigenvalue weighted by Crippen LogP contribution is -2.24. The first kappa shape index (κ1) is 15.8. The minimum Gasteiger partial charge on any atom is -0.292 e. The van der Waals surface area contributed by atoms with Gasteiger partial charge in [0.15, 0.2) is 0 Å². The summed E-state index contributed by atoms with van der Waals surface area (Å²) in [5, 5.41) is 1.01. The quantitative estimate of drug-likeness (QED) is 0.676. The van der Waals surface area contributed by atoms with Crippen LogP contribution in [0.5, 0.6) is 0 Å². The molecule has 0 amide bonds. The van der Waals surface area contributed by atoms with E-state index in [1.54, 1.807) is 22.8 Å². The fourth-order valence-electron chi connectivity index (χ4n) is 2.52. The molecule has 0 aliphatic rings. The van der Waals surface area contributed by atoms with E-state index >= 15 is 0 Å². The van der Waals surface area contributed by atoms with Gasteiger partial charge in [0.25, 0.3) is 0 Å². The maximum absolute atomic E-state index is 12.4. The van der Waals surface area contributed by atoms with E-state index in [4.69, 9.17) is 23.2 Å². The Balaban J connectivity index is 2.32. The third-order valence-corrected chi connectivity index (χ3v) is 4.25. The van der Waals surface area contributed by atoms with Crippen molar-refractivity contribution in [2.45, 2.75) is 13.5 Å². The Morgan fingerprint density at radius 1 is 1.00 bits per heavy atom. The molecule has 2 aromatic carbocycles.